The molecule has 0 spiro atoms. The number of aromatic nitrogens is 2. The molecule has 5 nitrogen and oxygen atoms in total. The first kappa shape index (κ1) is 23.9. The molecule has 0 radical (unpaired) electrons. The zero-order valence-corrected chi connectivity index (χ0v) is 19.3. The number of benzene rings is 2. The lowest BCUT2D eigenvalue weighted by atomic mass is 10.1. The first-order chi connectivity index (χ1) is 13.6. The molecule has 1 atom stereocenters. The first-order valence-electron chi connectivity index (χ1n) is 9.75. The van der Waals surface area contributed by atoms with Crippen molar-refractivity contribution in [2.24, 2.45) is 0 Å². The fraction of sp³-hybridized carbons (Fsp3) is 0.304. The summed E-state index contributed by atoms with van der Waals surface area (Å²) in [4.78, 5) is 9.72. The maximum Gasteiger partial charge on any atom is 0.198 e. The highest BCUT2D eigenvalue weighted by molar-refractivity contribution is 5.93. The van der Waals surface area contributed by atoms with Crippen molar-refractivity contribution in [1.29, 1.82) is 0 Å². The highest BCUT2D eigenvalue weighted by Crippen LogP contribution is 2.33. The van der Waals surface area contributed by atoms with E-state index in [1.54, 1.807) is 0 Å². The number of hydrogen-bond acceptors (Lipinski definition) is 5. The number of para-hydroxylation sites is 2. The average Bonchev–Trinajstić information content (AvgIpc) is 3.05. The van der Waals surface area contributed by atoms with Gasteiger partial charge in [-0.15, -0.1) is 24.8 Å². The predicted molar refractivity (Wildman–Crippen MR) is 130 cm³/mol. The van der Waals surface area contributed by atoms with E-state index >= 15 is 0 Å². The Morgan fingerprint density at radius 2 is 1.70 bits per heavy atom. The van der Waals surface area contributed by atoms with Gasteiger partial charge in [-0.3, -0.25) is 0 Å². The summed E-state index contributed by atoms with van der Waals surface area (Å²) in [6, 6.07) is 14.7. The molecule has 4 rings (SSSR count). The van der Waals surface area contributed by atoms with Crippen LogP contribution in [0, 0.1) is 13.8 Å². The van der Waals surface area contributed by atoms with E-state index in [1.807, 2.05) is 25.2 Å². The molecular formula is C23H28Cl2N4O. The zero-order valence-electron chi connectivity index (χ0n) is 17.7. The van der Waals surface area contributed by atoms with E-state index in [0.29, 0.717) is 11.9 Å². The summed E-state index contributed by atoms with van der Waals surface area (Å²) in [5.41, 5.74) is 4.01. The number of nitrogens with one attached hydrogen (secondary N) is 2. The van der Waals surface area contributed by atoms with Crippen molar-refractivity contribution in [3.05, 3.63) is 53.6 Å². The molecule has 160 valence electrons. The van der Waals surface area contributed by atoms with E-state index < -0.39 is 0 Å². The second-order valence-corrected chi connectivity index (χ2v) is 7.32. The van der Waals surface area contributed by atoms with Crippen LogP contribution in [-0.4, -0.2) is 29.6 Å². The SMILES string of the molecule is CNC(C)CCNc1nc(-c2oc3ccccc3c2C)nc2c(C)cccc12.Cl.Cl. The minimum absolute atomic E-state index is 0. The predicted octanol–water partition coefficient (Wildman–Crippen LogP) is 5.91. The van der Waals surface area contributed by atoms with E-state index in [0.717, 1.165) is 57.5 Å². The van der Waals surface area contributed by atoms with Crippen molar-refractivity contribution in [1.82, 2.24) is 15.3 Å². The Balaban J connectivity index is 0.00000160. The standard InChI is InChI=1S/C23H26N4O.2ClH/c1-14-8-7-10-18-20(14)26-23(27-22(18)25-13-12-15(2)24-4)21-16(3)17-9-5-6-11-19(17)28-21;;/h5-11,15,24H,12-13H2,1-4H3,(H,25,26,27);2*1H. The number of rotatable bonds is 6. The lowest BCUT2D eigenvalue weighted by Gasteiger charge is -2.14. The molecule has 7 heteroatoms. The van der Waals surface area contributed by atoms with E-state index in [9.17, 15) is 0 Å². The second kappa shape index (κ2) is 10.1. The van der Waals surface area contributed by atoms with Gasteiger partial charge in [0, 0.05) is 28.9 Å². The smallest absolute Gasteiger partial charge is 0.198 e. The Morgan fingerprint density at radius 3 is 2.43 bits per heavy atom. The lowest BCUT2D eigenvalue weighted by Crippen LogP contribution is -2.24. The molecule has 0 amide bonds. The molecule has 1 unspecified atom stereocenters. The molecule has 2 N–H and O–H groups in total. The van der Waals surface area contributed by atoms with Crippen LogP contribution in [0.25, 0.3) is 33.5 Å². The van der Waals surface area contributed by atoms with Crippen molar-refractivity contribution in [2.75, 3.05) is 18.9 Å². The Bertz CT molecular complexity index is 1140. The van der Waals surface area contributed by atoms with Gasteiger partial charge < -0.3 is 15.1 Å². The van der Waals surface area contributed by atoms with Crippen LogP contribution in [0.1, 0.15) is 24.5 Å². The van der Waals surface area contributed by atoms with Crippen molar-refractivity contribution in [3.63, 3.8) is 0 Å². The van der Waals surface area contributed by atoms with Crippen LogP contribution in [0.5, 0.6) is 0 Å². The molecule has 0 saturated carbocycles. The zero-order chi connectivity index (χ0) is 19.7. The number of nitrogens with zero attached hydrogens (tertiary/aromatic N) is 2. The minimum atomic E-state index is 0. The molecular weight excluding hydrogens is 419 g/mol. The van der Waals surface area contributed by atoms with E-state index in [1.165, 1.54) is 0 Å². The monoisotopic (exact) mass is 446 g/mol. The third kappa shape index (κ3) is 4.53. The molecule has 0 aliphatic carbocycles. The van der Waals surface area contributed by atoms with Crippen LogP contribution in [0.2, 0.25) is 0 Å². The van der Waals surface area contributed by atoms with E-state index in [-0.39, 0.29) is 24.8 Å². The summed E-state index contributed by atoms with van der Waals surface area (Å²) in [7, 11) is 1.98. The average molecular weight is 447 g/mol. The van der Waals surface area contributed by atoms with Crippen molar-refractivity contribution >= 4 is 52.5 Å². The highest BCUT2D eigenvalue weighted by Gasteiger charge is 2.17. The number of aryl methyl sites for hydroxylation is 2. The van der Waals surface area contributed by atoms with Crippen LogP contribution in [0.4, 0.5) is 5.82 Å². The van der Waals surface area contributed by atoms with Gasteiger partial charge in [-0.1, -0.05) is 30.3 Å². The molecule has 2 aromatic heterocycles. The highest BCUT2D eigenvalue weighted by atomic mass is 35.5. The number of furan rings is 1. The first-order valence-corrected chi connectivity index (χ1v) is 9.75. The van der Waals surface area contributed by atoms with E-state index in [4.69, 9.17) is 14.4 Å². The summed E-state index contributed by atoms with van der Waals surface area (Å²) in [5, 5.41) is 8.92. The van der Waals surface area contributed by atoms with Gasteiger partial charge >= 0.3 is 0 Å². The van der Waals surface area contributed by atoms with Crippen LogP contribution in [0.3, 0.4) is 0 Å². The normalized spacial score (nSPS) is 11.7. The fourth-order valence-electron chi connectivity index (χ4n) is 3.47. The number of fused-ring (bicyclic) bond motifs is 2. The fourth-order valence-corrected chi connectivity index (χ4v) is 3.47. The topological polar surface area (TPSA) is 63.0 Å². The molecule has 2 heterocycles. The Labute approximate surface area is 189 Å². The summed E-state index contributed by atoms with van der Waals surface area (Å²) in [6.45, 7) is 7.15. The summed E-state index contributed by atoms with van der Waals surface area (Å²) < 4.78 is 6.13. The number of halogens is 2. The molecule has 0 aliphatic rings. The van der Waals surface area contributed by atoms with Gasteiger partial charge in [0.25, 0.3) is 0 Å². The molecule has 30 heavy (non-hydrogen) atoms. The third-order valence-corrected chi connectivity index (χ3v) is 5.34. The van der Waals surface area contributed by atoms with Gasteiger partial charge in [-0.25, -0.2) is 9.97 Å². The van der Waals surface area contributed by atoms with Crippen LogP contribution in [-0.2, 0) is 0 Å². The summed E-state index contributed by atoms with van der Waals surface area (Å²) in [6.07, 6.45) is 1.01. The Hall–Kier alpha value is -2.34. The van der Waals surface area contributed by atoms with Crippen molar-refractivity contribution in [3.8, 4) is 11.6 Å². The summed E-state index contributed by atoms with van der Waals surface area (Å²) in [5.74, 6) is 2.21. The van der Waals surface area contributed by atoms with Gasteiger partial charge in [-0.05, 0) is 51.9 Å². The molecule has 0 fully saturated rings. The van der Waals surface area contributed by atoms with Crippen molar-refractivity contribution in [2.45, 2.75) is 33.2 Å². The Morgan fingerprint density at radius 1 is 0.967 bits per heavy atom. The molecule has 0 saturated heterocycles. The van der Waals surface area contributed by atoms with Crippen LogP contribution in [0.15, 0.2) is 46.9 Å². The lowest BCUT2D eigenvalue weighted by molar-refractivity contribution is 0.580. The van der Waals surface area contributed by atoms with Gasteiger partial charge in [0.2, 0.25) is 0 Å². The second-order valence-electron chi connectivity index (χ2n) is 7.32. The van der Waals surface area contributed by atoms with Gasteiger partial charge in [0.05, 0.1) is 5.52 Å². The van der Waals surface area contributed by atoms with Crippen LogP contribution < -0.4 is 10.6 Å². The molecule has 0 bridgehead atoms. The maximum atomic E-state index is 6.13. The molecule has 2 aromatic carbocycles. The molecule has 4 aromatic rings. The Kier molecular flexibility index (Phi) is 8.07. The number of hydrogen-bond donors (Lipinski definition) is 2. The van der Waals surface area contributed by atoms with Crippen LogP contribution >= 0.6 is 24.8 Å². The van der Waals surface area contributed by atoms with Gasteiger partial charge in [-0.2, -0.15) is 0 Å². The molecule has 0 aliphatic heterocycles. The summed E-state index contributed by atoms with van der Waals surface area (Å²) >= 11 is 0. The van der Waals surface area contributed by atoms with Crippen molar-refractivity contribution < 1.29 is 4.42 Å². The van der Waals surface area contributed by atoms with Gasteiger partial charge in [0.1, 0.15) is 11.4 Å². The number of anilines is 1. The maximum absolute atomic E-state index is 6.13. The third-order valence-electron chi connectivity index (χ3n) is 5.34. The largest absolute Gasteiger partial charge is 0.452 e. The quantitative estimate of drug-likeness (QED) is 0.385. The van der Waals surface area contributed by atoms with Gasteiger partial charge in [0.15, 0.2) is 11.6 Å². The van der Waals surface area contributed by atoms with E-state index in [2.05, 4.69) is 55.7 Å². The minimum Gasteiger partial charge on any atom is -0.452 e.